The third kappa shape index (κ3) is 6.28. The maximum Gasteiger partial charge on any atom is 0.307 e. The Kier molecular flexibility index (Phi) is 7.11. The maximum atomic E-state index is 11.0. The Morgan fingerprint density at radius 3 is 2.10 bits per heavy atom. The van der Waals surface area contributed by atoms with Crippen LogP contribution in [0, 0.1) is 0 Å². The molecule has 0 aliphatic rings. The van der Waals surface area contributed by atoms with Crippen LogP contribution < -0.4 is 15.2 Å². The highest BCUT2D eigenvalue weighted by molar-refractivity contribution is 5.73. The molecule has 0 fully saturated rings. The molecule has 0 aromatic heterocycles. The summed E-state index contributed by atoms with van der Waals surface area (Å²) in [6.45, 7) is 1.00. The topological polar surface area (TPSA) is 81.8 Å². The molecule has 0 bridgehead atoms. The van der Waals surface area contributed by atoms with Crippen LogP contribution in [0.25, 0.3) is 0 Å². The second-order valence-electron chi connectivity index (χ2n) is 6.80. The molecule has 5 nitrogen and oxygen atoms in total. The predicted molar refractivity (Wildman–Crippen MR) is 113 cm³/mol. The lowest BCUT2D eigenvalue weighted by atomic mass is 9.94. The molecule has 3 N–H and O–H groups in total. The van der Waals surface area contributed by atoms with E-state index < -0.39 is 5.97 Å². The Labute approximate surface area is 170 Å². The summed E-state index contributed by atoms with van der Waals surface area (Å²) in [5.74, 6) is 0.785. The van der Waals surface area contributed by atoms with Gasteiger partial charge in [-0.05, 0) is 47.9 Å². The molecule has 150 valence electrons. The Hall–Kier alpha value is -3.47. The minimum atomic E-state index is -0.898. The molecule has 0 saturated heterocycles. The van der Waals surface area contributed by atoms with E-state index in [4.69, 9.17) is 20.3 Å². The van der Waals surface area contributed by atoms with Crippen molar-refractivity contribution in [3.05, 3.63) is 90.0 Å². The highest BCUT2D eigenvalue weighted by Gasteiger charge is 2.16. The molecule has 0 radical (unpaired) electrons. The lowest BCUT2D eigenvalue weighted by Gasteiger charge is -2.20. The van der Waals surface area contributed by atoms with Crippen molar-refractivity contribution < 1.29 is 19.4 Å². The van der Waals surface area contributed by atoms with Crippen molar-refractivity contribution in [2.45, 2.75) is 18.8 Å². The lowest BCUT2D eigenvalue weighted by Crippen LogP contribution is -2.15. The number of carbonyl (C=O) groups is 1. The molecule has 0 saturated carbocycles. The monoisotopic (exact) mass is 391 g/mol. The molecular weight excluding hydrogens is 366 g/mol. The minimum Gasteiger partial charge on any atom is -0.494 e. The molecule has 3 rings (SSSR count). The maximum absolute atomic E-state index is 11.0. The molecule has 1 unspecified atom stereocenters. The third-order valence-corrected chi connectivity index (χ3v) is 4.66. The van der Waals surface area contributed by atoms with Crippen LogP contribution in [0.3, 0.4) is 0 Å². The molecule has 1 atom stereocenters. The molecule has 3 aromatic rings. The standard InChI is InChI=1S/C24H25NO4/c25-23-15-18(11-12-19(23)16-24(26)27)20(17-29-22-9-5-2-6-10-22)13-14-28-21-7-3-1-4-8-21/h1-12,15,20H,13-14,16-17,25H2,(H,26,27). The van der Waals surface area contributed by atoms with Gasteiger partial charge in [0, 0.05) is 11.6 Å². The minimum absolute atomic E-state index is 0.0556. The summed E-state index contributed by atoms with van der Waals surface area (Å²) in [7, 11) is 0. The van der Waals surface area contributed by atoms with Gasteiger partial charge in [-0.1, -0.05) is 48.5 Å². The van der Waals surface area contributed by atoms with E-state index in [9.17, 15) is 4.79 Å². The largest absolute Gasteiger partial charge is 0.494 e. The predicted octanol–water partition coefficient (Wildman–Crippen LogP) is 4.53. The van der Waals surface area contributed by atoms with Gasteiger partial charge in [0.2, 0.25) is 0 Å². The number of para-hydroxylation sites is 2. The molecular formula is C24H25NO4. The van der Waals surface area contributed by atoms with Gasteiger partial charge < -0.3 is 20.3 Å². The number of benzene rings is 3. The zero-order valence-electron chi connectivity index (χ0n) is 16.2. The zero-order valence-corrected chi connectivity index (χ0v) is 16.2. The lowest BCUT2D eigenvalue weighted by molar-refractivity contribution is -0.136. The van der Waals surface area contributed by atoms with E-state index in [2.05, 4.69) is 0 Å². The van der Waals surface area contributed by atoms with Gasteiger partial charge in [-0.3, -0.25) is 4.79 Å². The first-order valence-electron chi connectivity index (χ1n) is 9.57. The molecule has 0 heterocycles. The summed E-state index contributed by atoms with van der Waals surface area (Å²) < 4.78 is 11.8. The number of aliphatic carboxylic acids is 1. The van der Waals surface area contributed by atoms with Crippen LogP contribution in [0.4, 0.5) is 5.69 Å². The third-order valence-electron chi connectivity index (χ3n) is 4.66. The van der Waals surface area contributed by atoms with Crippen molar-refractivity contribution in [1.29, 1.82) is 0 Å². The average Bonchev–Trinajstić information content (AvgIpc) is 2.73. The highest BCUT2D eigenvalue weighted by Crippen LogP contribution is 2.26. The van der Waals surface area contributed by atoms with Gasteiger partial charge in [0.05, 0.1) is 19.6 Å². The Bertz CT molecular complexity index is 913. The van der Waals surface area contributed by atoms with Gasteiger partial charge in [0.1, 0.15) is 11.5 Å². The van der Waals surface area contributed by atoms with E-state index >= 15 is 0 Å². The quantitative estimate of drug-likeness (QED) is 0.496. The average molecular weight is 391 g/mol. The van der Waals surface area contributed by atoms with Crippen molar-refractivity contribution in [3.8, 4) is 11.5 Å². The molecule has 29 heavy (non-hydrogen) atoms. The van der Waals surface area contributed by atoms with Crippen LogP contribution in [0.2, 0.25) is 0 Å². The van der Waals surface area contributed by atoms with Crippen molar-refractivity contribution in [1.82, 2.24) is 0 Å². The first-order chi connectivity index (χ1) is 14.1. The number of hydrogen-bond donors (Lipinski definition) is 2. The van der Waals surface area contributed by atoms with Crippen LogP contribution in [0.1, 0.15) is 23.5 Å². The first-order valence-corrected chi connectivity index (χ1v) is 9.57. The number of anilines is 1. The Balaban J connectivity index is 1.70. The second-order valence-corrected chi connectivity index (χ2v) is 6.80. The SMILES string of the molecule is Nc1cc(C(CCOc2ccccc2)COc2ccccc2)ccc1CC(=O)O. The smallest absolute Gasteiger partial charge is 0.307 e. The van der Waals surface area contributed by atoms with Gasteiger partial charge in [0.25, 0.3) is 0 Å². The summed E-state index contributed by atoms with van der Waals surface area (Å²) in [5, 5.41) is 9.01. The number of hydrogen-bond acceptors (Lipinski definition) is 4. The van der Waals surface area contributed by atoms with Crippen molar-refractivity contribution in [2.75, 3.05) is 18.9 Å². The summed E-state index contributed by atoms with van der Waals surface area (Å²) in [4.78, 5) is 11.0. The van der Waals surface area contributed by atoms with Crippen LogP contribution >= 0.6 is 0 Å². The van der Waals surface area contributed by atoms with Gasteiger partial charge in [-0.15, -0.1) is 0 Å². The fourth-order valence-electron chi connectivity index (χ4n) is 3.09. The van der Waals surface area contributed by atoms with Crippen LogP contribution in [0.5, 0.6) is 11.5 Å². The van der Waals surface area contributed by atoms with E-state index in [1.807, 2.05) is 72.8 Å². The van der Waals surface area contributed by atoms with Gasteiger partial charge in [-0.2, -0.15) is 0 Å². The number of ether oxygens (including phenoxy) is 2. The van der Waals surface area contributed by atoms with Gasteiger partial charge in [-0.25, -0.2) is 0 Å². The van der Waals surface area contributed by atoms with Crippen LogP contribution in [0.15, 0.2) is 78.9 Å². The van der Waals surface area contributed by atoms with Crippen molar-refractivity contribution >= 4 is 11.7 Å². The van der Waals surface area contributed by atoms with E-state index in [0.717, 1.165) is 23.5 Å². The Morgan fingerprint density at radius 1 is 0.897 bits per heavy atom. The van der Waals surface area contributed by atoms with Gasteiger partial charge in [0.15, 0.2) is 0 Å². The number of carboxylic acid groups (broad SMARTS) is 1. The number of nitrogen functional groups attached to an aromatic ring is 1. The fourth-order valence-corrected chi connectivity index (χ4v) is 3.09. The van der Waals surface area contributed by atoms with Crippen LogP contribution in [-0.2, 0) is 11.2 Å². The number of carboxylic acids is 1. The highest BCUT2D eigenvalue weighted by atomic mass is 16.5. The van der Waals surface area contributed by atoms with Crippen molar-refractivity contribution in [3.63, 3.8) is 0 Å². The summed E-state index contributed by atoms with van der Waals surface area (Å²) >= 11 is 0. The van der Waals surface area contributed by atoms with Gasteiger partial charge >= 0.3 is 5.97 Å². The number of rotatable bonds is 10. The van der Waals surface area contributed by atoms with E-state index in [1.54, 1.807) is 6.07 Å². The summed E-state index contributed by atoms with van der Waals surface area (Å²) in [6, 6.07) is 24.9. The molecule has 0 spiro atoms. The van der Waals surface area contributed by atoms with Crippen molar-refractivity contribution in [2.24, 2.45) is 0 Å². The van der Waals surface area contributed by atoms with Crippen LogP contribution in [-0.4, -0.2) is 24.3 Å². The molecule has 5 heteroatoms. The molecule has 0 aliphatic heterocycles. The van der Waals surface area contributed by atoms with E-state index in [0.29, 0.717) is 24.5 Å². The molecule has 0 aliphatic carbocycles. The Morgan fingerprint density at radius 2 is 1.52 bits per heavy atom. The molecule has 0 amide bonds. The summed E-state index contributed by atoms with van der Waals surface area (Å²) in [5.41, 5.74) is 8.20. The van der Waals surface area contributed by atoms with E-state index in [1.165, 1.54) is 0 Å². The second kappa shape index (κ2) is 10.2. The fraction of sp³-hybridized carbons (Fsp3) is 0.208. The normalized spacial score (nSPS) is 11.6. The zero-order chi connectivity index (χ0) is 20.5. The first kappa shape index (κ1) is 20.3. The number of nitrogens with two attached hydrogens (primary N) is 1. The summed E-state index contributed by atoms with van der Waals surface area (Å²) in [6.07, 6.45) is 0.647. The van der Waals surface area contributed by atoms with E-state index in [-0.39, 0.29) is 12.3 Å². The molecule has 3 aromatic carbocycles.